The summed E-state index contributed by atoms with van der Waals surface area (Å²) >= 11 is 0. The zero-order valence-electron chi connectivity index (χ0n) is 10.7. The van der Waals surface area contributed by atoms with Crippen molar-refractivity contribution in [2.45, 2.75) is 13.5 Å². The molecule has 2 N–H and O–H groups in total. The Balaban J connectivity index is 2.28. The Bertz CT molecular complexity index is 349. The highest BCUT2D eigenvalue weighted by atomic mass is 16.5. The maximum absolute atomic E-state index is 11.2. The molecular formula is C12H21N3O2. The normalized spacial score (nSPS) is 10.8. The van der Waals surface area contributed by atoms with E-state index in [-0.39, 0.29) is 5.97 Å². The minimum atomic E-state index is -0.332. The first-order valence-corrected chi connectivity index (χ1v) is 5.82. The molecule has 0 aliphatic rings. The lowest BCUT2D eigenvalue weighted by Gasteiger charge is -2.13. The third kappa shape index (κ3) is 4.58. The van der Waals surface area contributed by atoms with Crippen LogP contribution in [-0.2, 0) is 11.3 Å². The molecule has 0 saturated carbocycles. The molecule has 0 amide bonds. The summed E-state index contributed by atoms with van der Waals surface area (Å²) in [6.07, 6.45) is 0. The summed E-state index contributed by atoms with van der Waals surface area (Å²) < 4.78 is 4.62. The number of nitrogens with zero attached hydrogens (tertiary/aromatic N) is 1. The molecule has 1 aromatic rings. The maximum Gasteiger partial charge on any atom is 0.354 e. The molecule has 0 radical (unpaired) electrons. The molecule has 0 saturated heterocycles. The van der Waals surface area contributed by atoms with Gasteiger partial charge >= 0.3 is 5.97 Å². The zero-order valence-corrected chi connectivity index (χ0v) is 10.7. The van der Waals surface area contributed by atoms with Crippen LogP contribution in [0.2, 0.25) is 0 Å². The molecule has 0 aromatic carbocycles. The van der Waals surface area contributed by atoms with Gasteiger partial charge in [-0.1, -0.05) is 6.92 Å². The highest BCUT2D eigenvalue weighted by Gasteiger charge is 2.07. The van der Waals surface area contributed by atoms with Crippen LogP contribution >= 0.6 is 0 Å². The monoisotopic (exact) mass is 239 g/mol. The van der Waals surface area contributed by atoms with E-state index in [0.717, 1.165) is 31.9 Å². The number of aromatic amines is 1. The summed E-state index contributed by atoms with van der Waals surface area (Å²) in [5.74, 6) is -0.332. The van der Waals surface area contributed by atoms with Crippen molar-refractivity contribution in [3.8, 4) is 0 Å². The van der Waals surface area contributed by atoms with Crippen LogP contribution in [0.25, 0.3) is 0 Å². The minimum absolute atomic E-state index is 0.332. The van der Waals surface area contributed by atoms with Crippen LogP contribution in [0.4, 0.5) is 0 Å². The van der Waals surface area contributed by atoms with Crippen molar-refractivity contribution in [1.29, 1.82) is 0 Å². The fourth-order valence-corrected chi connectivity index (χ4v) is 1.42. The van der Waals surface area contributed by atoms with Crippen molar-refractivity contribution in [3.63, 3.8) is 0 Å². The summed E-state index contributed by atoms with van der Waals surface area (Å²) in [5, 5.41) is 3.31. The molecule has 0 aliphatic carbocycles. The third-order valence-electron chi connectivity index (χ3n) is 2.68. The number of aromatic nitrogens is 1. The van der Waals surface area contributed by atoms with Gasteiger partial charge in [0.2, 0.25) is 0 Å². The molecule has 0 spiro atoms. The Morgan fingerprint density at radius 3 is 2.94 bits per heavy atom. The fraction of sp³-hybridized carbons (Fsp3) is 0.583. The number of carbonyl (C=O) groups is 1. The smallest absolute Gasteiger partial charge is 0.354 e. The molecule has 1 rings (SSSR count). The predicted molar refractivity (Wildman–Crippen MR) is 67.0 cm³/mol. The first kappa shape index (κ1) is 13.7. The van der Waals surface area contributed by atoms with E-state index in [1.54, 1.807) is 6.07 Å². The number of carbonyl (C=O) groups excluding carboxylic acids is 1. The van der Waals surface area contributed by atoms with Crippen molar-refractivity contribution in [2.24, 2.45) is 0 Å². The van der Waals surface area contributed by atoms with Gasteiger partial charge in [0, 0.05) is 25.3 Å². The van der Waals surface area contributed by atoms with Crippen LogP contribution in [0, 0.1) is 0 Å². The number of methoxy groups -OCH3 is 1. The SMILES string of the molecule is CCN(C)CCNCc1ccc(C(=O)OC)[nH]1. The Kier molecular flexibility index (Phi) is 5.72. The van der Waals surface area contributed by atoms with Crippen LogP contribution in [-0.4, -0.2) is 49.6 Å². The van der Waals surface area contributed by atoms with E-state index >= 15 is 0 Å². The van der Waals surface area contributed by atoms with E-state index in [9.17, 15) is 4.79 Å². The van der Waals surface area contributed by atoms with Crippen LogP contribution < -0.4 is 5.32 Å². The summed E-state index contributed by atoms with van der Waals surface area (Å²) in [7, 11) is 3.47. The molecule has 0 atom stereocenters. The number of H-pyrrole nitrogens is 1. The molecule has 5 nitrogen and oxygen atoms in total. The Labute approximate surface area is 102 Å². The average molecular weight is 239 g/mol. The molecule has 17 heavy (non-hydrogen) atoms. The minimum Gasteiger partial charge on any atom is -0.464 e. The molecule has 0 aliphatic heterocycles. The number of hydrogen-bond acceptors (Lipinski definition) is 4. The topological polar surface area (TPSA) is 57.4 Å². The second-order valence-electron chi connectivity index (χ2n) is 3.96. The van der Waals surface area contributed by atoms with Crippen molar-refractivity contribution < 1.29 is 9.53 Å². The Morgan fingerprint density at radius 2 is 2.29 bits per heavy atom. The van der Waals surface area contributed by atoms with E-state index < -0.39 is 0 Å². The first-order valence-electron chi connectivity index (χ1n) is 5.82. The van der Waals surface area contributed by atoms with Crippen LogP contribution in [0.1, 0.15) is 23.1 Å². The van der Waals surface area contributed by atoms with Gasteiger partial charge in [0.25, 0.3) is 0 Å². The van der Waals surface area contributed by atoms with Crippen molar-refractivity contribution >= 4 is 5.97 Å². The quantitative estimate of drug-likeness (QED) is 0.547. The maximum atomic E-state index is 11.2. The van der Waals surface area contributed by atoms with Gasteiger partial charge in [-0.25, -0.2) is 4.79 Å². The lowest BCUT2D eigenvalue weighted by molar-refractivity contribution is 0.0594. The van der Waals surface area contributed by atoms with Gasteiger partial charge in [-0.3, -0.25) is 0 Å². The van der Waals surface area contributed by atoms with E-state index in [1.165, 1.54) is 7.11 Å². The molecule has 1 aromatic heterocycles. The highest BCUT2D eigenvalue weighted by Crippen LogP contribution is 2.02. The summed E-state index contributed by atoms with van der Waals surface area (Å²) in [6.45, 7) is 5.86. The average Bonchev–Trinajstić information content (AvgIpc) is 2.82. The third-order valence-corrected chi connectivity index (χ3v) is 2.68. The number of ether oxygens (including phenoxy) is 1. The van der Waals surface area contributed by atoms with Crippen molar-refractivity contribution in [2.75, 3.05) is 33.8 Å². The first-order chi connectivity index (χ1) is 8.17. The number of nitrogens with one attached hydrogen (secondary N) is 2. The zero-order chi connectivity index (χ0) is 12.7. The number of likely N-dealkylation sites (N-methyl/N-ethyl adjacent to an activating group) is 1. The van der Waals surface area contributed by atoms with E-state index in [2.05, 4.69) is 33.9 Å². The highest BCUT2D eigenvalue weighted by molar-refractivity contribution is 5.87. The molecule has 96 valence electrons. The number of rotatable bonds is 7. The van der Waals surface area contributed by atoms with Crippen molar-refractivity contribution in [3.05, 3.63) is 23.5 Å². The van der Waals surface area contributed by atoms with Gasteiger partial charge in [0.1, 0.15) is 5.69 Å². The lowest BCUT2D eigenvalue weighted by Crippen LogP contribution is -2.28. The second kappa shape index (κ2) is 7.09. The summed E-state index contributed by atoms with van der Waals surface area (Å²) in [4.78, 5) is 16.5. The number of esters is 1. The molecule has 0 bridgehead atoms. The Morgan fingerprint density at radius 1 is 1.53 bits per heavy atom. The van der Waals surface area contributed by atoms with Gasteiger partial charge in [-0.2, -0.15) is 0 Å². The molecule has 5 heteroatoms. The summed E-state index contributed by atoms with van der Waals surface area (Å²) in [6, 6.07) is 3.63. The fourth-order valence-electron chi connectivity index (χ4n) is 1.42. The van der Waals surface area contributed by atoms with E-state index in [0.29, 0.717) is 5.69 Å². The van der Waals surface area contributed by atoms with Crippen LogP contribution in [0.5, 0.6) is 0 Å². The van der Waals surface area contributed by atoms with E-state index in [1.807, 2.05) is 6.07 Å². The lowest BCUT2D eigenvalue weighted by atomic mass is 10.4. The van der Waals surface area contributed by atoms with Crippen molar-refractivity contribution in [1.82, 2.24) is 15.2 Å². The number of hydrogen-bond donors (Lipinski definition) is 2. The van der Waals surface area contributed by atoms with Gasteiger partial charge in [0.15, 0.2) is 0 Å². The predicted octanol–water partition coefficient (Wildman–Crippen LogP) is 0.843. The van der Waals surface area contributed by atoms with Crippen LogP contribution in [0.3, 0.4) is 0 Å². The van der Waals surface area contributed by atoms with E-state index in [4.69, 9.17) is 0 Å². The van der Waals surface area contributed by atoms with Gasteiger partial charge in [-0.05, 0) is 25.7 Å². The van der Waals surface area contributed by atoms with Gasteiger partial charge in [-0.15, -0.1) is 0 Å². The summed E-state index contributed by atoms with van der Waals surface area (Å²) in [5.41, 5.74) is 1.49. The molecule has 0 fully saturated rings. The van der Waals surface area contributed by atoms with Gasteiger partial charge in [0.05, 0.1) is 7.11 Å². The largest absolute Gasteiger partial charge is 0.464 e. The van der Waals surface area contributed by atoms with Crippen LogP contribution in [0.15, 0.2) is 12.1 Å². The molecule has 1 heterocycles. The molecule has 0 unspecified atom stereocenters. The molecular weight excluding hydrogens is 218 g/mol. The Hall–Kier alpha value is -1.33. The van der Waals surface area contributed by atoms with Gasteiger partial charge < -0.3 is 19.9 Å². The second-order valence-corrected chi connectivity index (χ2v) is 3.96. The standard InChI is InChI=1S/C12H21N3O2/c1-4-15(2)8-7-13-9-10-5-6-11(14-10)12(16)17-3/h5-6,13-14H,4,7-9H2,1-3H3.